The Morgan fingerprint density at radius 1 is 0.522 bits per heavy atom. The quantitative estimate of drug-likeness (QED) is 0.0812. The number of phenolic OH excluding ortho intramolecular Hbond substituents is 1. The van der Waals surface area contributed by atoms with E-state index in [1.165, 1.54) is 58.1 Å². The molecule has 0 aromatic heterocycles. The third-order valence-corrected chi connectivity index (χ3v) is 14.4. The van der Waals surface area contributed by atoms with E-state index in [0.717, 1.165) is 46.2 Å². The molecular formula is C59H47NO7S2. The van der Waals surface area contributed by atoms with Crippen molar-refractivity contribution in [1.82, 2.24) is 4.31 Å². The number of ether oxygens (including phenoxy) is 2. The van der Waals surface area contributed by atoms with Gasteiger partial charge in [0.1, 0.15) is 46.7 Å². The standard InChI is InChI=1S/C56H39NO7S2.C3H8/c1-3-57(2)65-62-41-23-18-34-28-38(20-16-36(34)30-41)55(47-13-7-4-10-44(47)45-11-5-8-14-48(45)55)39-21-17-37-31-42(24-19-35(37)29-39)63-66-64-43-25-27-51-53(33-43)60-52-32-40(58)22-26-50(52)56(51)49-15-9-6-12-46(49)54(59)61-56;1-3-2/h4-33,58H,3H2,1-2H3;3H2,1-2H3. The van der Waals surface area contributed by atoms with Crippen molar-refractivity contribution in [2.45, 2.75) is 38.2 Å². The monoisotopic (exact) mass is 945 g/mol. The number of carbonyl (C=O) groups excluding carboxylic acids is 1. The first-order valence-electron chi connectivity index (χ1n) is 23.1. The molecule has 69 heavy (non-hydrogen) atoms. The lowest BCUT2D eigenvalue weighted by Crippen LogP contribution is -2.32. The predicted octanol–water partition coefficient (Wildman–Crippen LogP) is 15.0. The van der Waals surface area contributed by atoms with Crippen molar-refractivity contribution in [2.75, 3.05) is 13.6 Å². The van der Waals surface area contributed by atoms with Crippen LogP contribution in [0.4, 0.5) is 0 Å². The Hall–Kier alpha value is -7.37. The van der Waals surface area contributed by atoms with E-state index in [9.17, 15) is 9.90 Å². The minimum Gasteiger partial charge on any atom is -0.508 e. The number of hydrogen-bond acceptors (Lipinski definition) is 10. The van der Waals surface area contributed by atoms with Crippen LogP contribution in [0.3, 0.4) is 0 Å². The average molecular weight is 946 g/mol. The molecule has 1 N–H and O–H groups in total. The van der Waals surface area contributed by atoms with Gasteiger partial charge in [0, 0.05) is 42.4 Å². The van der Waals surface area contributed by atoms with Crippen molar-refractivity contribution in [3.8, 4) is 45.6 Å². The molecule has 0 saturated heterocycles. The summed E-state index contributed by atoms with van der Waals surface area (Å²) in [7, 11) is 2.01. The zero-order valence-corrected chi connectivity index (χ0v) is 40.0. The van der Waals surface area contributed by atoms with Crippen LogP contribution in [0.25, 0.3) is 32.7 Å². The Bertz CT molecular complexity index is 3420. The van der Waals surface area contributed by atoms with Crippen LogP contribution in [0.15, 0.2) is 182 Å². The highest BCUT2D eigenvalue weighted by Gasteiger charge is 2.53. The Labute approximate surface area is 410 Å². The predicted molar refractivity (Wildman–Crippen MR) is 276 cm³/mol. The molecule has 9 aromatic carbocycles. The SMILES string of the molecule is CCC.CCN(C)SOc1ccc2cc(C3(c4ccc5cc(OSOc6ccc7c(c6)Oc6cc(O)ccc6C76OC(=O)c7ccccc76)ccc5c4)c4ccccc4-c4ccccc43)ccc2c1. The molecule has 0 radical (unpaired) electrons. The third kappa shape index (κ3) is 7.42. The van der Waals surface area contributed by atoms with Crippen LogP contribution in [-0.4, -0.2) is 29.0 Å². The van der Waals surface area contributed by atoms with Crippen LogP contribution in [0.1, 0.15) is 76.5 Å². The van der Waals surface area contributed by atoms with Gasteiger partial charge in [-0.05, 0) is 122 Å². The van der Waals surface area contributed by atoms with E-state index >= 15 is 0 Å². The van der Waals surface area contributed by atoms with Crippen LogP contribution >= 0.6 is 24.6 Å². The second-order valence-corrected chi connectivity index (χ2v) is 18.8. The summed E-state index contributed by atoms with van der Waals surface area (Å²) < 4.78 is 32.8. The number of aromatic hydroxyl groups is 1. The molecule has 0 saturated carbocycles. The van der Waals surface area contributed by atoms with Crippen LogP contribution in [0.2, 0.25) is 0 Å². The molecule has 1 atom stereocenters. The molecule has 1 spiro atoms. The molecule has 0 fully saturated rings. The molecule has 10 heteroatoms. The van der Waals surface area contributed by atoms with Gasteiger partial charge < -0.3 is 27.1 Å². The van der Waals surface area contributed by atoms with Gasteiger partial charge in [0.15, 0.2) is 5.60 Å². The topological polar surface area (TPSA) is 86.7 Å². The first-order chi connectivity index (χ1) is 33.7. The molecule has 342 valence electrons. The number of benzene rings is 9. The van der Waals surface area contributed by atoms with Gasteiger partial charge in [-0.15, -0.1) is 0 Å². The van der Waals surface area contributed by atoms with Crippen molar-refractivity contribution in [3.63, 3.8) is 0 Å². The minimum absolute atomic E-state index is 0.0299. The van der Waals surface area contributed by atoms with Gasteiger partial charge in [-0.25, -0.2) is 9.10 Å². The van der Waals surface area contributed by atoms with E-state index in [2.05, 4.69) is 124 Å². The molecule has 1 aliphatic carbocycles. The van der Waals surface area contributed by atoms with E-state index in [1.807, 2.05) is 53.8 Å². The largest absolute Gasteiger partial charge is 0.508 e. The van der Waals surface area contributed by atoms with Gasteiger partial charge in [0.25, 0.3) is 12.3 Å². The van der Waals surface area contributed by atoms with Gasteiger partial charge in [0.2, 0.25) is 0 Å². The normalized spacial score (nSPS) is 15.5. The van der Waals surface area contributed by atoms with E-state index in [4.69, 9.17) is 22.0 Å². The fourth-order valence-corrected chi connectivity index (χ4v) is 10.8. The van der Waals surface area contributed by atoms with E-state index in [0.29, 0.717) is 45.3 Å². The summed E-state index contributed by atoms with van der Waals surface area (Å²) >= 11 is 2.19. The average Bonchev–Trinajstić information content (AvgIpc) is 3.85. The molecule has 2 aliphatic heterocycles. The Morgan fingerprint density at radius 2 is 1.00 bits per heavy atom. The lowest BCUT2D eigenvalue weighted by Gasteiger charge is -2.36. The highest BCUT2D eigenvalue weighted by Crippen LogP contribution is 2.58. The number of rotatable bonds is 10. The smallest absolute Gasteiger partial charge is 0.340 e. The second kappa shape index (κ2) is 17.9. The van der Waals surface area contributed by atoms with Crippen LogP contribution in [-0.2, 0) is 15.8 Å². The number of esters is 1. The number of fused-ring (bicyclic) bond motifs is 11. The Morgan fingerprint density at radius 3 is 1.61 bits per heavy atom. The van der Waals surface area contributed by atoms with Crippen LogP contribution in [0, 0.1) is 0 Å². The van der Waals surface area contributed by atoms with Gasteiger partial charge >= 0.3 is 5.97 Å². The van der Waals surface area contributed by atoms with E-state index < -0.39 is 17.0 Å². The fourth-order valence-electron chi connectivity index (χ4n) is 9.99. The van der Waals surface area contributed by atoms with Gasteiger partial charge in [-0.2, -0.15) is 0 Å². The highest BCUT2D eigenvalue weighted by molar-refractivity contribution is 7.92. The maximum absolute atomic E-state index is 13.2. The molecular weight excluding hydrogens is 899 g/mol. The maximum Gasteiger partial charge on any atom is 0.340 e. The van der Waals surface area contributed by atoms with Crippen molar-refractivity contribution in [2.24, 2.45) is 0 Å². The van der Waals surface area contributed by atoms with E-state index in [1.54, 1.807) is 30.3 Å². The minimum atomic E-state index is -1.25. The summed E-state index contributed by atoms with van der Waals surface area (Å²) in [5, 5.41) is 14.7. The number of nitrogens with zero attached hydrogens (tertiary/aromatic N) is 1. The molecule has 8 nitrogen and oxygen atoms in total. The summed E-state index contributed by atoms with van der Waals surface area (Å²) in [5.41, 5.74) is 7.95. The number of carbonyl (C=O) groups is 1. The molecule has 0 amide bonds. The molecule has 12 rings (SSSR count). The van der Waals surface area contributed by atoms with E-state index in [-0.39, 0.29) is 5.75 Å². The zero-order chi connectivity index (χ0) is 47.3. The Balaban J connectivity index is 0.00000169. The summed E-state index contributed by atoms with van der Waals surface area (Å²) in [5.74, 6) is 2.31. The lowest BCUT2D eigenvalue weighted by molar-refractivity contribution is 0.0224. The number of hydrogen-bond donors (Lipinski definition) is 1. The molecule has 0 bridgehead atoms. The van der Waals surface area contributed by atoms with Gasteiger partial charge in [0.05, 0.1) is 11.0 Å². The number of phenols is 1. The van der Waals surface area contributed by atoms with Crippen LogP contribution in [0.5, 0.6) is 34.5 Å². The maximum atomic E-state index is 13.2. The van der Waals surface area contributed by atoms with Crippen LogP contribution < -0.4 is 17.3 Å². The summed E-state index contributed by atoms with van der Waals surface area (Å²) in [4.78, 5) is 13.2. The summed E-state index contributed by atoms with van der Waals surface area (Å²) in [6, 6.07) is 61.0. The third-order valence-electron chi connectivity index (χ3n) is 13.1. The summed E-state index contributed by atoms with van der Waals surface area (Å²) in [6.07, 6.45) is 1.25. The second-order valence-electron chi connectivity index (χ2n) is 17.4. The van der Waals surface area contributed by atoms with Crippen molar-refractivity contribution in [3.05, 3.63) is 226 Å². The Kier molecular flexibility index (Phi) is 11.5. The van der Waals surface area contributed by atoms with Gasteiger partial charge in [-0.3, -0.25) is 0 Å². The summed E-state index contributed by atoms with van der Waals surface area (Å²) in [6.45, 7) is 7.23. The lowest BCUT2D eigenvalue weighted by atomic mass is 9.67. The molecule has 3 aliphatic rings. The molecule has 1 unspecified atom stereocenters. The van der Waals surface area contributed by atoms with Crippen molar-refractivity contribution >= 4 is 52.1 Å². The molecule has 2 heterocycles. The first-order valence-corrected chi connectivity index (χ1v) is 24.4. The fraction of sp³-hybridized carbons (Fsp3) is 0.136. The first kappa shape index (κ1) is 44.2. The highest BCUT2D eigenvalue weighted by atomic mass is 32.2. The van der Waals surface area contributed by atoms with Gasteiger partial charge in [-0.1, -0.05) is 130 Å². The zero-order valence-electron chi connectivity index (χ0n) is 38.4. The van der Waals surface area contributed by atoms with Crippen molar-refractivity contribution in [1.29, 1.82) is 0 Å². The van der Waals surface area contributed by atoms with Crippen molar-refractivity contribution < 1.29 is 31.9 Å². The molecule has 9 aromatic rings.